The standard InChI is InChI=1S/C37H27NO9S/c1-3-4-6-11-19-14-18-15-20-28(31(43)23(18)36(46)38-19)37(35(32(20)47-2)48-16-17-9-7-5-8-10-17)33(44)26-27(34(37)45)30(42)25-22(40)13-12-21(39)24(25)29(26)41/h3-15,32,35,43-45H,16H2,1-2H3,(H,38,46). The highest BCUT2D eigenvalue weighted by atomic mass is 32.2. The van der Waals surface area contributed by atoms with E-state index < -0.39 is 82.2 Å². The van der Waals surface area contributed by atoms with E-state index in [1.165, 1.54) is 18.9 Å². The lowest BCUT2D eigenvalue weighted by molar-refractivity contribution is 0.101. The van der Waals surface area contributed by atoms with Gasteiger partial charge in [0.25, 0.3) is 5.56 Å². The molecule has 0 radical (unpaired) electrons. The smallest absolute Gasteiger partial charge is 0.260 e. The zero-order valence-corrected chi connectivity index (χ0v) is 26.4. The van der Waals surface area contributed by atoms with Gasteiger partial charge in [-0.05, 0) is 53.8 Å². The fraction of sp³-hybridized carbons (Fsp3) is 0.162. The minimum Gasteiger partial charge on any atom is -0.510 e. The molecule has 0 fully saturated rings. The van der Waals surface area contributed by atoms with Crippen molar-refractivity contribution in [2.24, 2.45) is 0 Å². The largest absolute Gasteiger partial charge is 0.510 e. The first kappa shape index (κ1) is 31.1. The Labute approximate surface area is 274 Å². The van der Waals surface area contributed by atoms with E-state index in [2.05, 4.69) is 4.98 Å². The van der Waals surface area contributed by atoms with Crippen molar-refractivity contribution in [3.63, 3.8) is 0 Å². The molecule has 0 aliphatic heterocycles. The molecule has 48 heavy (non-hydrogen) atoms. The number of phenolic OH excluding ortho intramolecular Hbond substituents is 1. The van der Waals surface area contributed by atoms with Crippen LogP contribution in [-0.2, 0) is 15.9 Å². The summed E-state index contributed by atoms with van der Waals surface area (Å²) in [6, 6.07) is 14.3. The average Bonchev–Trinajstić information content (AvgIpc) is 3.48. The van der Waals surface area contributed by atoms with Gasteiger partial charge in [-0.3, -0.25) is 24.0 Å². The number of aromatic amines is 1. The monoisotopic (exact) mass is 661 g/mol. The second kappa shape index (κ2) is 11.3. The lowest BCUT2D eigenvalue weighted by atomic mass is 9.78. The van der Waals surface area contributed by atoms with Gasteiger partial charge in [-0.2, -0.15) is 0 Å². The Hall–Kier alpha value is -5.52. The molecular weight excluding hydrogens is 634 g/mol. The van der Waals surface area contributed by atoms with Gasteiger partial charge in [0, 0.05) is 24.1 Å². The summed E-state index contributed by atoms with van der Waals surface area (Å²) in [5, 5.41) is 32.9. The number of pyridine rings is 1. The highest BCUT2D eigenvalue weighted by Gasteiger charge is 2.63. The van der Waals surface area contributed by atoms with Crippen molar-refractivity contribution in [2.45, 2.75) is 29.4 Å². The number of rotatable bonds is 6. The van der Waals surface area contributed by atoms with Crippen LogP contribution >= 0.6 is 11.8 Å². The first-order chi connectivity index (χ1) is 23.1. The highest BCUT2D eigenvalue weighted by Crippen LogP contribution is 2.62. The van der Waals surface area contributed by atoms with E-state index in [-0.39, 0.29) is 10.9 Å². The van der Waals surface area contributed by atoms with Crippen molar-refractivity contribution in [3.8, 4) is 5.75 Å². The number of hydrogen-bond donors (Lipinski definition) is 4. The Balaban J connectivity index is 1.63. The summed E-state index contributed by atoms with van der Waals surface area (Å²) in [5.41, 5.74) is -5.36. The zero-order chi connectivity index (χ0) is 34.1. The normalized spacial score (nSPS) is 18.2. The van der Waals surface area contributed by atoms with Gasteiger partial charge in [0.15, 0.2) is 10.9 Å². The Morgan fingerprint density at radius 2 is 1.48 bits per heavy atom. The maximum Gasteiger partial charge on any atom is 0.260 e. The van der Waals surface area contributed by atoms with E-state index in [9.17, 15) is 39.3 Å². The quantitative estimate of drug-likeness (QED) is 0.198. The number of aliphatic hydroxyl groups excluding tert-OH is 2. The summed E-state index contributed by atoms with van der Waals surface area (Å²) in [7, 11) is 1.41. The number of hydrogen-bond acceptors (Lipinski definition) is 10. The number of benzene rings is 2. The number of aromatic hydroxyl groups is 1. The van der Waals surface area contributed by atoms with Crippen molar-refractivity contribution in [3.05, 3.63) is 167 Å². The molecule has 2 aromatic carbocycles. The topological polar surface area (TPSA) is 171 Å². The van der Waals surface area contributed by atoms with Crippen LogP contribution in [0.4, 0.5) is 0 Å². The molecular formula is C37H27NO9S. The fourth-order valence-electron chi connectivity index (χ4n) is 7.17. The average molecular weight is 662 g/mol. The highest BCUT2D eigenvalue weighted by molar-refractivity contribution is 7.99. The molecule has 4 aliphatic rings. The molecule has 1 aromatic heterocycles. The Bertz CT molecular complexity index is 2630. The summed E-state index contributed by atoms with van der Waals surface area (Å²) in [6.45, 7) is 1.84. The van der Waals surface area contributed by atoms with E-state index in [1.807, 2.05) is 43.3 Å². The van der Waals surface area contributed by atoms with E-state index in [4.69, 9.17) is 4.74 Å². The van der Waals surface area contributed by atoms with Crippen molar-refractivity contribution >= 4 is 40.1 Å². The summed E-state index contributed by atoms with van der Waals surface area (Å²) >= 11 is 1.23. The molecule has 2 unspecified atom stereocenters. The van der Waals surface area contributed by atoms with Gasteiger partial charge in [0.2, 0.25) is 10.9 Å². The van der Waals surface area contributed by atoms with Crippen molar-refractivity contribution in [1.82, 2.24) is 4.98 Å². The Kier molecular flexibility index (Phi) is 7.34. The minimum absolute atomic E-state index is 0.131. The predicted octanol–water partition coefficient (Wildman–Crippen LogP) is 2.15. The molecule has 7 rings (SSSR count). The second-order valence-electron chi connectivity index (χ2n) is 11.7. The molecule has 11 heteroatoms. The number of nitrogens with one attached hydrogen (secondary N) is 1. The summed E-state index contributed by atoms with van der Waals surface area (Å²) < 4.78 is 5.99. The van der Waals surface area contributed by atoms with Crippen molar-refractivity contribution in [2.75, 3.05) is 7.11 Å². The van der Waals surface area contributed by atoms with Crippen LogP contribution in [0, 0.1) is 10.4 Å². The summed E-state index contributed by atoms with van der Waals surface area (Å²) in [5.74, 6) is -1.87. The molecule has 0 saturated heterocycles. The molecule has 240 valence electrons. The van der Waals surface area contributed by atoms with Gasteiger partial charge in [-0.25, -0.2) is 0 Å². The SMILES string of the molecule is CC=CC=Cc1cc2cc3c(c(O)c2c(=O)[nH]1)C1(C(O)=c2c(=O)c4c(=O)ccc(=O)c=4c(=O)c2=C1O)C(SCc1ccccc1)C3OC. The number of H-pyrrole nitrogens is 1. The summed E-state index contributed by atoms with van der Waals surface area (Å²) in [4.78, 5) is 69.8. The maximum absolute atomic E-state index is 13.9. The lowest BCUT2D eigenvalue weighted by Gasteiger charge is -2.34. The number of allylic oxidation sites excluding steroid dienone is 3. The van der Waals surface area contributed by atoms with E-state index in [1.54, 1.807) is 30.4 Å². The van der Waals surface area contributed by atoms with Crippen LogP contribution < -0.4 is 37.7 Å². The molecule has 0 amide bonds. The van der Waals surface area contributed by atoms with Gasteiger partial charge in [-0.15, -0.1) is 11.8 Å². The molecule has 2 atom stereocenters. The minimum atomic E-state index is -2.19. The van der Waals surface area contributed by atoms with Crippen LogP contribution in [0.1, 0.15) is 35.4 Å². The van der Waals surface area contributed by atoms with Crippen LogP contribution in [0.15, 0.2) is 96.8 Å². The molecule has 4 N–H and O–H groups in total. The first-order valence-electron chi connectivity index (χ1n) is 15.0. The number of aliphatic hydroxyl groups is 2. The van der Waals surface area contributed by atoms with Gasteiger partial charge in [0.1, 0.15) is 22.7 Å². The number of aromatic nitrogens is 1. The van der Waals surface area contributed by atoms with Gasteiger partial charge in [0.05, 0.1) is 37.6 Å². The third-order valence-electron chi connectivity index (χ3n) is 9.17. The molecule has 10 nitrogen and oxygen atoms in total. The Morgan fingerprint density at radius 1 is 0.854 bits per heavy atom. The van der Waals surface area contributed by atoms with Crippen LogP contribution in [0.2, 0.25) is 0 Å². The van der Waals surface area contributed by atoms with Crippen LogP contribution in [-0.4, -0.2) is 32.7 Å². The van der Waals surface area contributed by atoms with E-state index in [0.717, 1.165) is 17.7 Å². The number of phenols is 1. The zero-order valence-electron chi connectivity index (χ0n) is 25.6. The van der Waals surface area contributed by atoms with Crippen LogP contribution in [0.3, 0.4) is 0 Å². The number of ether oxygens (including phenoxy) is 1. The van der Waals surface area contributed by atoms with Gasteiger partial charge in [-0.1, -0.05) is 48.6 Å². The fourth-order valence-corrected chi connectivity index (χ4v) is 8.76. The van der Waals surface area contributed by atoms with Gasteiger partial charge < -0.3 is 25.0 Å². The van der Waals surface area contributed by atoms with Crippen molar-refractivity contribution in [1.29, 1.82) is 0 Å². The number of methoxy groups -OCH3 is 1. The molecule has 0 bridgehead atoms. The van der Waals surface area contributed by atoms with Gasteiger partial charge >= 0.3 is 0 Å². The molecule has 1 spiro atoms. The second-order valence-corrected chi connectivity index (χ2v) is 12.8. The predicted molar refractivity (Wildman–Crippen MR) is 184 cm³/mol. The molecule has 0 saturated carbocycles. The third kappa shape index (κ3) is 4.14. The maximum atomic E-state index is 13.9. The number of fused-ring (bicyclic) bond motifs is 4. The molecule has 3 aromatic rings. The summed E-state index contributed by atoms with van der Waals surface area (Å²) in [6.07, 6.45) is 6.04. The van der Waals surface area contributed by atoms with Crippen LogP contribution in [0.25, 0.3) is 28.4 Å². The van der Waals surface area contributed by atoms with Crippen molar-refractivity contribution < 1.29 is 20.1 Å². The molecule has 4 aliphatic carbocycles. The number of thioether (sulfide) groups is 1. The molecule has 1 heterocycles. The first-order valence-corrected chi connectivity index (χ1v) is 16.0. The van der Waals surface area contributed by atoms with E-state index >= 15 is 0 Å². The Morgan fingerprint density at radius 3 is 2.06 bits per heavy atom. The van der Waals surface area contributed by atoms with E-state index in [0.29, 0.717) is 22.4 Å². The third-order valence-corrected chi connectivity index (χ3v) is 10.6. The lowest BCUT2D eigenvalue weighted by Crippen LogP contribution is -2.51. The van der Waals surface area contributed by atoms with Crippen LogP contribution in [0.5, 0.6) is 5.75 Å².